The summed E-state index contributed by atoms with van der Waals surface area (Å²) in [6, 6.07) is 4.90. The standard InChI is InChI=1S/C21H20N8O5S2/c1-9-4-3-5-12-10(7-23-29(9)12)6-11-8-35-19-14(18(31)28(19)15(11)20(32)33)24-17(30)13(26-34-2)16-25-21(22)36-27-16/h3-5,7,14,19H,6,8H2,1-2H3,(H4,22,24,25,27,30,32,33)/p+1/b26-13-/t14-,19+/m1/s1. The molecular formula is C21H21N8O5S2+. The van der Waals surface area contributed by atoms with E-state index in [1.54, 1.807) is 0 Å². The maximum atomic E-state index is 13.0. The molecule has 2 aliphatic heterocycles. The van der Waals surface area contributed by atoms with Gasteiger partial charge in [-0.25, -0.2) is 4.79 Å². The van der Waals surface area contributed by atoms with E-state index in [9.17, 15) is 19.5 Å². The molecule has 1 fully saturated rings. The van der Waals surface area contributed by atoms with Crippen LogP contribution in [-0.2, 0) is 25.6 Å². The van der Waals surface area contributed by atoms with Gasteiger partial charge in [0.15, 0.2) is 5.13 Å². The molecule has 0 radical (unpaired) electrons. The zero-order valence-corrected chi connectivity index (χ0v) is 20.7. The summed E-state index contributed by atoms with van der Waals surface area (Å²) in [5.41, 5.74) is 8.78. The predicted molar refractivity (Wildman–Crippen MR) is 130 cm³/mol. The number of nitrogen functional groups attached to an aromatic ring is 1. The molecule has 5 N–H and O–H groups in total. The fourth-order valence-corrected chi connectivity index (χ4v) is 6.04. The number of amides is 2. The normalized spacial score (nSPS) is 19.8. The van der Waals surface area contributed by atoms with Gasteiger partial charge in [0, 0.05) is 42.8 Å². The second-order valence-electron chi connectivity index (χ2n) is 8.06. The minimum absolute atomic E-state index is 0.0305. The number of nitrogens with zero attached hydrogens (tertiary/aromatic N) is 5. The van der Waals surface area contributed by atoms with Crippen molar-refractivity contribution in [3.8, 4) is 0 Å². The van der Waals surface area contributed by atoms with E-state index in [0.717, 1.165) is 28.3 Å². The molecule has 0 aliphatic carbocycles. The zero-order chi connectivity index (χ0) is 25.6. The zero-order valence-electron chi connectivity index (χ0n) is 19.1. The lowest BCUT2D eigenvalue weighted by Crippen LogP contribution is -2.71. The lowest BCUT2D eigenvalue weighted by Gasteiger charge is -2.49. The van der Waals surface area contributed by atoms with Crippen molar-refractivity contribution in [2.24, 2.45) is 5.16 Å². The molecule has 2 aliphatic rings. The van der Waals surface area contributed by atoms with E-state index in [1.165, 1.54) is 23.8 Å². The fraction of sp³-hybridized carbons (Fsp3) is 0.286. The lowest BCUT2D eigenvalue weighted by molar-refractivity contribution is -0.583. The van der Waals surface area contributed by atoms with Crippen LogP contribution in [0, 0.1) is 6.92 Å². The molecule has 3 aromatic rings. The number of aromatic amines is 1. The first-order chi connectivity index (χ1) is 17.3. The van der Waals surface area contributed by atoms with Gasteiger partial charge in [-0.2, -0.15) is 14.5 Å². The molecule has 36 heavy (non-hydrogen) atoms. The van der Waals surface area contributed by atoms with Gasteiger partial charge in [0.25, 0.3) is 11.8 Å². The van der Waals surface area contributed by atoms with Crippen LogP contribution in [0.4, 0.5) is 5.13 Å². The molecule has 186 valence electrons. The first-order valence-corrected chi connectivity index (χ1v) is 12.5. The molecule has 5 rings (SSSR count). The maximum Gasteiger partial charge on any atom is 0.352 e. The molecule has 5 heterocycles. The molecule has 1 saturated heterocycles. The van der Waals surface area contributed by atoms with Crippen molar-refractivity contribution in [3.63, 3.8) is 0 Å². The smallest absolute Gasteiger partial charge is 0.352 e. The Morgan fingerprint density at radius 1 is 1.44 bits per heavy atom. The minimum atomic E-state index is -1.19. The Balaban J connectivity index is 1.38. The summed E-state index contributed by atoms with van der Waals surface area (Å²) in [6.07, 6.45) is 2.20. The molecule has 0 saturated carbocycles. The molecule has 0 spiro atoms. The quantitative estimate of drug-likeness (QED) is 0.140. The summed E-state index contributed by atoms with van der Waals surface area (Å²) in [4.78, 5) is 48.0. The third-order valence-corrected chi connectivity index (χ3v) is 7.76. The number of hydrogen-bond acceptors (Lipinski definition) is 10. The Morgan fingerprint density at radius 3 is 2.94 bits per heavy atom. The molecular weight excluding hydrogens is 508 g/mol. The highest BCUT2D eigenvalue weighted by atomic mass is 32.2. The summed E-state index contributed by atoms with van der Waals surface area (Å²) < 4.78 is 5.88. The van der Waals surface area contributed by atoms with Crippen LogP contribution in [0.25, 0.3) is 5.52 Å². The first kappa shape index (κ1) is 23.7. The van der Waals surface area contributed by atoms with Gasteiger partial charge in [-0.3, -0.25) is 14.5 Å². The SMILES string of the molecule is CO/N=C(\C(=O)N[C@@H]1C(=O)N2C(C(=O)O)=C(Cc3c[nH][n+]4c(C)cccc34)CS[C@@H]12)c1nsc(N)n1. The highest BCUT2D eigenvalue weighted by Crippen LogP contribution is 2.41. The minimum Gasteiger partial charge on any atom is -0.477 e. The van der Waals surface area contributed by atoms with Gasteiger partial charge in [0.2, 0.25) is 22.7 Å². The molecule has 13 nitrogen and oxygen atoms in total. The Hall–Kier alpha value is -3.98. The van der Waals surface area contributed by atoms with Gasteiger partial charge in [-0.1, -0.05) is 9.67 Å². The van der Waals surface area contributed by atoms with Crippen molar-refractivity contribution in [1.82, 2.24) is 24.7 Å². The van der Waals surface area contributed by atoms with E-state index in [-0.39, 0.29) is 22.4 Å². The van der Waals surface area contributed by atoms with Gasteiger partial charge in [0.1, 0.15) is 24.2 Å². The number of rotatable bonds is 7. The maximum absolute atomic E-state index is 13.0. The largest absolute Gasteiger partial charge is 0.477 e. The number of pyridine rings is 1. The van der Waals surface area contributed by atoms with Gasteiger partial charge in [0.05, 0.1) is 11.8 Å². The lowest BCUT2D eigenvalue weighted by atomic mass is 9.99. The number of aryl methyl sites for hydroxylation is 1. The summed E-state index contributed by atoms with van der Waals surface area (Å²) in [5, 5.41) is 19.0. The summed E-state index contributed by atoms with van der Waals surface area (Å²) in [5.74, 6) is -2.10. The number of thioether (sulfide) groups is 1. The molecule has 0 aromatic carbocycles. The van der Waals surface area contributed by atoms with Crippen molar-refractivity contribution in [2.75, 3.05) is 18.6 Å². The van der Waals surface area contributed by atoms with Crippen LogP contribution in [0.1, 0.15) is 17.1 Å². The van der Waals surface area contributed by atoms with Crippen molar-refractivity contribution in [1.29, 1.82) is 0 Å². The Kier molecular flexibility index (Phi) is 6.09. The van der Waals surface area contributed by atoms with Gasteiger partial charge < -0.3 is 21.0 Å². The monoisotopic (exact) mass is 529 g/mol. The van der Waals surface area contributed by atoms with Crippen molar-refractivity contribution < 1.29 is 28.8 Å². The van der Waals surface area contributed by atoms with Crippen LogP contribution in [0.3, 0.4) is 0 Å². The highest BCUT2D eigenvalue weighted by Gasteiger charge is 2.54. The number of aliphatic carboxylic acids is 1. The van der Waals surface area contributed by atoms with E-state index < -0.39 is 29.2 Å². The summed E-state index contributed by atoms with van der Waals surface area (Å²) in [6.45, 7) is 1.96. The summed E-state index contributed by atoms with van der Waals surface area (Å²) >= 11 is 2.27. The van der Waals surface area contributed by atoms with E-state index in [0.29, 0.717) is 17.7 Å². The van der Waals surface area contributed by atoms with Crippen molar-refractivity contribution in [2.45, 2.75) is 24.8 Å². The number of aromatic nitrogens is 4. The van der Waals surface area contributed by atoms with Gasteiger partial charge >= 0.3 is 5.97 Å². The molecule has 3 aromatic heterocycles. The van der Waals surface area contributed by atoms with Crippen LogP contribution in [0.5, 0.6) is 0 Å². The average molecular weight is 530 g/mol. The van der Waals surface area contributed by atoms with E-state index in [4.69, 9.17) is 10.6 Å². The van der Waals surface area contributed by atoms with Crippen LogP contribution < -0.4 is 15.6 Å². The van der Waals surface area contributed by atoms with Crippen LogP contribution in [0.2, 0.25) is 0 Å². The molecule has 0 bridgehead atoms. The Labute approximate surface area is 212 Å². The van der Waals surface area contributed by atoms with Gasteiger partial charge in [-0.15, -0.1) is 11.8 Å². The first-order valence-electron chi connectivity index (χ1n) is 10.7. The number of carbonyl (C=O) groups is 3. The number of hydrogen-bond donors (Lipinski definition) is 4. The van der Waals surface area contributed by atoms with Crippen molar-refractivity contribution >= 4 is 57.4 Å². The third kappa shape index (κ3) is 3.95. The second kappa shape index (κ2) is 9.23. The van der Waals surface area contributed by atoms with E-state index in [1.807, 2.05) is 35.8 Å². The number of nitrogens with one attached hydrogen (secondary N) is 2. The number of carbonyl (C=O) groups excluding carboxylic acids is 2. The van der Waals surface area contributed by atoms with E-state index >= 15 is 0 Å². The summed E-state index contributed by atoms with van der Waals surface area (Å²) in [7, 11) is 1.26. The predicted octanol–water partition coefficient (Wildman–Crippen LogP) is -0.173. The molecule has 0 unspecified atom stereocenters. The number of H-pyrrole nitrogens is 1. The fourth-order valence-electron chi connectivity index (χ4n) is 4.26. The number of anilines is 1. The van der Waals surface area contributed by atoms with Gasteiger partial charge in [-0.05, 0) is 11.6 Å². The number of β-lactam (4-membered cyclic amide) rings is 1. The second-order valence-corrected chi connectivity index (χ2v) is 9.95. The number of fused-ring (bicyclic) bond motifs is 2. The molecule has 2 atom stereocenters. The van der Waals surface area contributed by atoms with Crippen LogP contribution >= 0.6 is 23.3 Å². The van der Waals surface area contributed by atoms with Crippen molar-refractivity contribution in [3.05, 3.63) is 52.7 Å². The number of carboxylic acid groups (broad SMARTS) is 1. The average Bonchev–Trinajstić information content (AvgIpc) is 3.47. The third-order valence-electron chi connectivity index (χ3n) is 5.87. The molecule has 15 heteroatoms. The highest BCUT2D eigenvalue weighted by molar-refractivity contribution is 8.00. The topological polar surface area (TPSA) is 180 Å². The van der Waals surface area contributed by atoms with Crippen LogP contribution in [-0.4, -0.2) is 72.2 Å². The van der Waals surface area contributed by atoms with Crippen LogP contribution in [0.15, 0.2) is 40.8 Å². The van der Waals surface area contributed by atoms with E-state index in [2.05, 4.69) is 24.9 Å². The Morgan fingerprint density at radius 2 is 2.25 bits per heavy atom. The molecule has 2 amide bonds. The number of oxime groups is 1. The number of carboxylic acids is 1. The Bertz CT molecular complexity index is 1460. The number of nitrogens with two attached hydrogens (primary N) is 1.